The number of hydrogen-bond donors (Lipinski definition) is 5. The van der Waals surface area contributed by atoms with Crippen LogP contribution in [0.2, 0.25) is 5.82 Å². The Kier molecular flexibility index (Phi) is 13.0. The van der Waals surface area contributed by atoms with Crippen LogP contribution in [-0.2, 0) is 16.1 Å². The summed E-state index contributed by atoms with van der Waals surface area (Å²) < 4.78 is 5.48. The number of aromatic nitrogens is 3. The van der Waals surface area contributed by atoms with Crippen molar-refractivity contribution in [2.24, 2.45) is 11.3 Å². The standard InChI is InChI=1S/C40H52BN9O5S/c1-24(46-36(52)32-22-55-38(47-32)28-14-16-43-17-15-28)20-50(42)30-12-10-29(11-13-30)41-48-35(40(3,4)5)39(54)49-21-31(51)18-33(49)37(53)44-19-26-6-8-27(9-7-26)34-25(2)45-23-56-34/h6-9,14-17,20,22-23,29-31,33,35,41,48,51H,10-13,18-19,21,42H2,1-5H3,(H,44,53)(H,46,52)/b24-20+/t29?,30?,31-,33+,35-/m1/s1. The molecule has 4 heterocycles. The Morgan fingerprint density at radius 3 is 2.48 bits per heavy atom. The number of pyridine rings is 1. The Balaban J connectivity index is 0.977. The van der Waals surface area contributed by atoms with Crippen LogP contribution in [-0.4, -0.2) is 85.9 Å². The highest BCUT2D eigenvalue weighted by atomic mass is 32.1. The topological polar surface area (TPSA) is 192 Å². The van der Waals surface area contributed by atoms with Gasteiger partial charge in [-0.3, -0.25) is 19.4 Å². The van der Waals surface area contributed by atoms with Gasteiger partial charge in [-0.25, -0.2) is 15.8 Å². The SMILES string of the molecule is C/C(=C\N(N)C1CCC(BN[C@H](C(=O)N2C[C@H](O)C[C@H]2C(=O)NCc2ccc(-c3scnc3C)cc2)C(C)(C)C)CC1)NC(=O)c1coc(-c2ccncc2)n1. The van der Waals surface area contributed by atoms with E-state index in [1.54, 1.807) is 58.9 Å². The number of oxazole rings is 1. The van der Waals surface area contributed by atoms with Gasteiger partial charge in [-0.2, -0.15) is 0 Å². The summed E-state index contributed by atoms with van der Waals surface area (Å²) in [5.74, 6) is 6.28. The zero-order chi connectivity index (χ0) is 40.0. The average Bonchev–Trinajstić information content (AvgIpc) is 3.94. The van der Waals surface area contributed by atoms with E-state index in [0.717, 1.165) is 52.9 Å². The molecule has 1 saturated heterocycles. The van der Waals surface area contributed by atoms with Gasteiger partial charge in [0.2, 0.25) is 25.1 Å². The van der Waals surface area contributed by atoms with Crippen molar-refractivity contribution < 1.29 is 23.9 Å². The number of hydrazine groups is 1. The van der Waals surface area contributed by atoms with Crippen molar-refractivity contribution in [3.63, 3.8) is 0 Å². The van der Waals surface area contributed by atoms with E-state index in [1.807, 2.05) is 57.5 Å². The van der Waals surface area contributed by atoms with Gasteiger partial charge >= 0.3 is 0 Å². The quantitative estimate of drug-likeness (QED) is 0.0739. The number of thiazole rings is 1. The molecule has 0 bridgehead atoms. The lowest BCUT2D eigenvalue weighted by molar-refractivity contribution is -0.141. The summed E-state index contributed by atoms with van der Waals surface area (Å²) in [4.78, 5) is 55.7. The number of nitrogens with one attached hydrogen (secondary N) is 3. The molecule has 1 aliphatic carbocycles. The van der Waals surface area contributed by atoms with E-state index >= 15 is 0 Å². The zero-order valence-electron chi connectivity index (χ0n) is 32.7. The molecule has 2 aliphatic rings. The summed E-state index contributed by atoms with van der Waals surface area (Å²) in [6, 6.07) is 10.3. The molecular weight excluding hydrogens is 729 g/mol. The third kappa shape index (κ3) is 10.1. The average molecular weight is 782 g/mol. The predicted molar refractivity (Wildman–Crippen MR) is 217 cm³/mol. The third-order valence-electron chi connectivity index (χ3n) is 10.6. The van der Waals surface area contributed by atoms with Crippen LogP contribution in [0.5, 0.6) is 0 Å². The number of aryl methyl sites for hydroxylation is 1. The number of nitrogens with two attached hydrogens (primary N) is 1. The normalized spacial score (nSPS) is 20.7. The summed E-state index contributed by atoms with van der Waals surface area (Å²) in [7, 11) is 0.638. The Bertz CT molecular complexity index is 1990. The highest BCUT2D eigenvalue weighted by molar-refractivity contribution is 7.13. The maximum atomic E-state index is 14.2. The smallest absolute Gasteiger partial charge is 0.277 e. The van der Waals surface area contributed by atoms with Gasteiger partial charge in [-0.05, 0) is 55.4 Å². The van der Waals surface area contributed by atoms with E-state index < -0.39 is 29.5 Å². The van der Waals surface area contributed by atoms with Crippen molar-refractivity contribution in [1.82, 2.24) is 40.7 Å². The molecule has 3 aromatic heterocycles. The second-order valence-electron chi connectivity index (χ2n) is 15.9. The highest BCUT2D eigenvalue weighted by Crippen LogP contribution is 2.32. The summed E-state index contributed by atoms with van der Waals surface area (Å²) in [5, 5.41) is 21.7. The molecule has 6 N–H and O–H groups in total. The van der Waals surface area contributed by atoms with Crippen molar-refractivity contribution in [3.05, 3.63) is 89.4 Å². The molecule has 14 nitrogen and oxygen atoms in total. The minimum atomic E-state index is -0.773. The van der Waals surface area contributed by atoms with Crippen molar-refractivity contribution in [2.75, 3.05) is 6.54 Å². The van der Waals surface area contributed by atoms with Crippen molar-refractivity contribution in [1.29, 1.82) is 0 Å². The first-order valence-corrected chi connectivity index (χ1v) is 20.0. The van der Waals surface area contributed by atoms with E-state index in [1.165, 1.54) is 6.26 Å². The van der Waals surface area contributed by atoms with Crippen LogP contribution < -0.4 is 21.7 Å². The number of benzene rings is 1. The minimum Gasteiger partial charge on any atom is -0.444 e. The van der Waals surface area contributed by atoms with Crippen LogP contribution in [0.15, 0.2) is 76.9 Å². The number of aliphatic hydroxyl groups excluding tert-OH is 1. The second-order valence-corrected chi connectivity index (χ2v) is 16.8. The summed E-state index contributed by atoms with van der Waals surface area (Å²) in [6.45, 7) is 10.2. The fourth-order valence-electron chi connectivity index (χ4n) is 7.44. The van der Waals surface area contributed by atoms with Crippen LogP contribution >= 0.6 is 11.3 Å². The van der Waals surface area contributed by atoms with E-state index in [-0.39, 0.29) is 36.5 Å². The number of carbonyl (C=O) groups is 3. The van der Waals surface area contributed by atoms with E-state index in [0.29, 0.717) is 31.4 Å². The monoisotopic (exact) mass is 781 g/mol. The number of nitrogens with zero attached hydrogens (tertiary/aromatic N) is 5. The molecule has 0 spiro atoms. The number of allylic oxidation sites excluding steroid dienone is 1. The molecule has 56 heavy (non-hydrogen) atoms. The molecule has 6 rings (SSSR count). The number of rotatable bonds is 13. The molecule has 1 saturated carbocycles. The van der Waals surface area contributed by atoms with Crippen LogP contribution in [0.3, 0.4) is 0 Å². The summed E-state index contributed by atoms with van der Waals surface area (Å²) in [6.07, 6.45) is 9.25. The van der Waals surface area contributed by atoms with Gasteiger partial charge < -0.3 is 35.3 Å². The number of aliphatic hydroxyl groups is 1. The van der Waals surface area contributed by atoms with Crippen LogP contribution in [0.4, 0.5) is 0 Å². The third-order valence-corrected chi connectivity index (χ3v) is 11.5. The lowest BCUT2D eigenvalue weighted by atomic mass is 9.65. The first-order chi connectivity index (χ1) is 26.8. The highest BCUT2D eigenvalue weighted by Gasteiger charge is 2.44. The number of carbonyl (C=O) groups excluding carboxylic acids is 3. The second kappa shape index (κ2) is 17.9. The molecule has 1 aromatic carbocycles. The van der Waals surface area contributed by atoms with Gasteiger partial charge in [0.1, 0.15) is 12.3 Å². The van der Waals surface area contributed by atoms with Gasteiger partial charge in [-0.15, -0.1) is 11.3 Å². The van der Waals surface area contributed by atoms with Crippen LogP contribution in [0.25, 0.3) is 21.9 Å². The molecule has 2 fully saturated rings. The molecule has 296 valence electrons. The fourth-order valence-corrected chi connectivity index (χ4v) is 8.25. The summed E-state index contributed by atoms with van der Waals surface area (Å²) >= 11 is 1.59. The lowest BCUT2D eigenvalue weighted by Crippen LogP contribution is -2.57. The van der Waals surface area contributed by atoms with E-state index in [9.17, 15) is 19.5 Å². The van der Waals surface area contributed by atoms with Crippen molar-refractivity contribution in [3.8, 4) is 21.9 Å². The van der Waals surface area contributed by atoms with Gasteiger partial charge in [0.25, 0.3) is 5.91 Å². The maximum absolute atomic E-state index is 14.2. The predicted octanol–water partition coefficient (Wildman–Crippen LogP) is 4.30. The minimum absolute atomic E-state index is 0.0919. The first-order valence-electron chi connectivity index (χ1n) is 19.1. The first kappa shape index (κ1) is 40.8. The zero-order valence-corrected chi connectivity index (χ0v) is 33.5. The fraction of sp³-hybridized carbons (Fsp3) is 0.450. The Morgan fingerprint density at radius 2 is 1.82 bits per heavy atom. The van der Waals surface area contributed by atoms with Gasteiger partial charge in [0.05, 0.1) is 28.2 Å². The van der Waals surface area contributed by atoms with Crippen LogP contribution in [0, 0.1) is 12.3 Å². The number of β-amino-alcohol motifs (C(OH)–C–C–N with tert-alkyl or cyclic N) is 1. The lowest BCUT2D eigenvalue weighted by Gasteiger charge is -2.37. The molecule has 16 heteroatoms. The van der Waals surface area contributed by atoms with E-state index in [4.69, 9.17) is 10.3 Å². The molecular formula is C40H52BN9O5S. The Morgan fingerprint density at radius 1 is 1.11 bits per heavy atom. The van der Waals surface area contributed by atoms with Crippen molar-refractivity contribution in [2.45, 2.75) is 103 Å². The molecule has 3 amide bonds. The van der Waals surface area contributed by atoms with Gasteiger partial charge in [-0.1, -0.05) is 63.7 Å². The van der Waals surface area contributed by atoms with E-state index in [2.05, 4.69) is 30.8 Å². The number of hydrogen-bond acceptors (Lipinski definition) is 12. The number of amides is 3. The molecule has 4 aromatic rings. The van der Waals surface area contributed by atoms with Crippen molar-refractivity contribution >= 4 is 36.5 Å². The molecule has 0 unspecified atom stereocenters. The largest absolute Gasteiger partial charge is 0.444 e. The Hall–Kier alpha value is -4.90. The number of likely N-dealkylation sites (tertiary alicyclic amines) is 1. The maximum Gasteiger partial charge on any atom is 0.277 e. The van der Waals surface area contributed by atoms with Gasteiger partial charge in [0.15, 0.2) is 5.69 Å². The van der Waals surface area contributed by atoms with Gasteiger partial charge in [0, 0.05) is 55.4 Å². The molecule has 1 aliphatic heterocycles. The summed E-state index contributed by atoms with van der Waals surface area (Å²) in [5.41, 5.74) is 5.87. The molecule has 3 atom stereocenters. The molecule has 0 radical (unpaired) electrons. The Labute approximate surface area is 332 Å². The van der Waals surface area contributed by atoms with Crippen LogP contribution in [0.1, 0.15) is 81.5 Å².